The molecule has 1 N–H and O–H groups in total. The Morgan fingerprint density at radius 1 is 1.03 bits per heavy atom. The Morgan fingerprint density at radius 3 is 2.60 bits per heavy atom. The van der Waals surface area contributed by atoms with E-state index < -0.39 is 0 Å². The molecule has 1 amide bonds. The van der Waals surface area contributed by atoms with Gasteiger partial charge in [-0.05, 0) is 36.5 Å². The van der Waals surface area contributed by atoms with E-state index in [-0.39, 0.29) is 19.2 Å². The zero-order valence-corrected chi connectivity index (χ0v) is 16.6. The van der Waals surface area contributed by atoms with Crippen LogP contribution < -0.4 is 14.8 Å². The number of rotatable bonds is 5. The van der Waals surface area contributed by atoms with Gasteiger partial charge in [0.15, 0.2) is 17.3 Å². The average Bonchev–Trinajstić information content (AvgIpc) is 3.49. The quantitative estimate of drug-likeness (QED) is 0.501. The van der Waals surface area contributed by atoms with Crippen molar-refractivity contribution in [3.63, 3.8) is 0 Å². The lowest BCUT2D eigenvalue weighted by molar-refractivity contribution is -0.116. The van der Waals surface area contributed by atoms with Crippen molar-refractivity contribution < 1.29 is 14.3 Å². The molecular formula is C21H17N5O3S. The monoisotopic (exact) mass is 419 g/mol. The fraction of sp³-hybridized carbons (Fsp3) is 0.0952. The van der Waals surface area contributed by atoms with Crippen LogP contribution in [0.2, 0.25) is 0 Å². The van der Waals surface area contributed by atoms with Crippen molar-refractivity contribution in [1.82, 2.24) is 19.1 Å². The van der Waals surface area contributed by atoms with E-state index in [0.717, 1.165) is 5.56 Å². The molecule has 30 heavy (non-hydrogen) atoms. The van der Waals surface area contributed by atoms with E-state index in [2.05, 4.69) is 10.4 Å². The topological polar surface area (TPSA) is 75.2 Å². The lowest BCUT2D eigenvalue weighted by Gasteiger charge is -2.07. The van der Waals surface area contributed by atoms with E-state index in [1.54, 1.807) is 22.9 Å². The largest absolute Gasteiger partial charge is 0.454 e. The molecular weight excluding hydrogens is 402 g/mol. The van der Waals surface area contributed by atoms with Crippen LogP contribution in [0.15, 0.2) is 73.1 Å². The van der Waals surface area contributed by atoms with Gasteiger partial charge in [0.1, 0.15) is 6.54 Å². The molecule has 0 aliphatic carbocycles. The molecule has 3 heterocycles. The minimum Gasteiger partial charge on any atom is -0.454 e. The fourth-order valence-electron chi connectivity index (χ4n) is 3.25. The van der Waals surface area contributed by atoms with E-state index in [1.165, 1.54) is 4.68 Å². The minimum absolute atomic E-state index is 0.0264. The van der Waals surface area contributed by atoms with E-state index >= 15 is 0 Å². The SMILES string of the molecule is O=C(Cn1nc(-c2ccccc2)n(-n2cccc2)c1=S)Nc1ccc2c(c1)OCO2. The molecule has 9 heteroatoms. The number of carbonyl (C=O) groups is 1. The van der Waals surface area contributed by atoms with E-state index in [4.69, 9.17) is 21.7 Å². The fourth-order valence-corrected chi connectivity index (χ4v) is 3.53. The normalized spacial score (nSPS) is 12.1. The molecule has 5 rings (SSSR count). The molecule has 2 aromatic heterocycles. The Hall–Kier alpha value is -3.85. The average molecular weight is 419 g/mol. The standard InChI is InChI=1S/C21H17N5O3S/c27-19(22-16-8-9-17-18(12-16)29-14-28-17)13-25-21(30)26(24-10-4-5-11-24)20(23-25)15-6-2-1-3-7-15/h1-12H,13-14H2,(H,22,27). The summed E-state index contributed by atoms with van der Waals surface area (Å²) in [7, 11) is 0. The first-order valence-corrected chi connectivity index (χ1v) is 9.68. The number of nitrogens with one attached hydrogen (secondary N) is 1. The van der Waals surface area contributed by atoms with Gasteiger partial charge in [-0.3, -0.25) is 9.47 Å². The van der Waals surface area contributed by atoms with Crippen LogP contribution in [0.25, 0.3) is 11.4 Å². The van der Waals surface area contributed by atoms with Gasteiger partial charge in [0.2, 0.25) is 17.5 Å². The maximum Gasteiger partial charge on any atom is 0.246 e. The minimum atomic E-state index is -0.248. The van der Waals surface area contributed by atoms with Gasteiger partial charge in [-0.25, -0.2) is 9.36 Å². The molecule has 4 aromatic rings. The lowest BCUT2D eigenvalue weighted by atomic mass is 10.2. The number of hydrogen-bond acceptors (Lipinski definition) is 5. The summed E-state index contributed by atoms with van der Waals surface area (Å²) in [5, 5.41) is 7.48. The van der Waals surface area contributed by atoms with Gasteiger partial charge in [0, 0.05) is 29.7 Å². The van der Waals surface area contributed by atoms with Crippen molar-refractivity contribution in [2.75, 3.05) is 12.1 Å². The second-order valence-corrected chi connectivity index (χ2v) is 6.99. The summed E-state index contributed by atoms with van der Waals surface area (Å²) in [6.45, 7) is 0.155. The number of fused-ring (bicyclic) bond motifs is 1. The van der Waals surface area contributed by atoms with E-state index in [0.29, 0.717) is 27.8 Å². The molecule has 0 saturated heterocycles. The zero-order valence-electron chi connectivity index (χ0n) is 15.8. The molecule has 8 nitrogen and oxygen atoms in total. The Balaban J connectivity index is 1.45. The molecule has 1 aliphatic heterocycles. The number of ether oxygens (including phenoxy) is 2. The van der Waals surface area contributed by atoms with Crippen LogP contribution in [0, 0.1) is 4.77 Å². The molecule has 0 atom stereocenters. The third-order valence-corrected chi connectivity index (χ3v) is 5.00. The van der Waals surface area contributed by atoms with Gasteiger partial charge in [-0.2, -0.15) is 0 Å². The predicted molar refractivity (Wildman–Crippen MR) is 113 cm³/mol. The lowest BCUT2D eigenvalue weighted by Crippen LogP contribution is -2.20. The molecule has 0 radical (unpaired) electrons. The van der Waals surface area contributed by atoms with Crippen molar-refractivity contribution in [2.45, 2.75) is 6.54 Å². The second-order valence-electron chi connectivity index (χ2n) is 6.62. The van der Waals surface area contributed by atoms with Gasteiger partial charge in [0.25, 0.3) is 0 Å². The number of benzene rings is 2. The number of nitrogens with zero attached hydrogens (tertiary/aromatic N) is 4. The Morgan fingerprint density at radius 2 is 1.80 bits per heavy atom. The maximum absolute atomic E-state index is 12.7. The van der Waals surface area contributed by atoms with Crippen LogP contribution in [0.4, 0.5) is 5.69 Å². The molecule has 0 unspecified atom stereocenters. The highest BCUT2D eigenvalue weighted by molar-refractivity contribution is 7.71. The van der Waals surface area contributed by atoms with Crippen LogP contribution >= 0.6 is 12.2 Å². The third-order valence-electron chi connectivity index (χ3n) is 4.62. The summed E-state index contributed by atoms with van der Waals surface area (Å²) in [4.78, 5) is 12.7. The highest BCUT2D eigenvalue weighted by Crippen LogP contribution is 2.34. The van der Waals surface area contributed by atoms with Crippen molar-refractivity contribution in [2.24, 2.45) is 0 Å². The van der Waals surface area contributed by atoms with Crippen molar-refractivity contribution in [3.05, 3.63) is 77.8 Å². The van der Waals surface area contributed by atoms with Gasteiger partial charge < -0.3 is 14.8 Å². The Bertz CT molecular complexity index is 1260. The van der Waals surface area contributed by atoms with Crippen LogP contribution in [0.1, 0.15) is 0 Å². The summed E-state index contributed by atoms with van der Waals surface area (Å²) < 4.78 is 16.2. The first-order chi connectivity index (χ1) is 14.7. The number of carbonyl (C=O) groups excluding carboxylic acids is 1. The first-order valence-electron chi connectivity index (χ1n) is 9.27. The van der Waals surface area contributed by atoms with Crippen molar-refractivity contribution in [1.29, 1.82) is 0 Å². The molecule has 0 fully saturated rings. The van der Waals surface area contributed by atoms with Crippen molar-refractivity contribution in [3.8, 4) is 22.9 Å². The predicted octanol–water partition coefficient (Wildman–Crippen LogP) is 3.56. The van der Waals surface area contributed by atoms with Crippen LogP contribution in [-0.4, -0.2) is 31.8 Å². The summed E-state index contributed by atoms with van der Waals surface area (Å²) in [5.41, 5.74) is 1.51. The smallest absolute Gasteiger partial charge is 0.246 e. The second kappa shape index (κ2) is 7.53. The molecule has 2 aromatic carbocycles. The highest BCUT2D eigenvalue weighted by Gasteiger charge is 2.17. The van der Waals surface area contributed by atoms with Gasteiger partial charge in [0.05, 0.1) is 0 Å². The summed E-state index contributed by atoms with van der Waals surface area (Å²) in [6, 6.07) is 18.8. The summed E-state index contributed by atoms with van der Waals surface area (Å²) in [6.07, 6.45) is 3.75. The van der Waals surface area contributed by atoms with Crippen molar-refractivity contribution >= 4 is 23.8 Å². The Labute approximate surface area is 176 Å². The third kappa shape index (κ3) is 3.35. The van der Waals surface area contributed by atoms with E-state index in [1.807, 2.05) is 59.5 Å². The molecule has 0 bridgehead atoms. The number of hydrogen-bond donors (Lipinski definition) is 1. The van der Waals surface area contributed by atoms with Gasteiger partial charge >= 0.3 is 0 Å². The van der Waals surface area contributed by atoms with E-state index in [9.17, 15) is 4.79 Å². The molecule has 0 spiro atoms. The molecule has 0 saturated carbocycles. The first kappa shape index (κ1) is 18.2. The number of aromatic nitrogens is 4. The Kier molecular flexibility index (Phi) is 4.56. The van der Waals surface area contributed by atoms with Crippen LogP contribution in [0.3, 0.4) is 0 Å². The number of anilines is 1. The zero-order chi connectivity index (χ0) is 20.5. The maximum atomic E-state index is 12.7. The summed E-state index contributed by atoms with van der Waals surface area (Å²) >= 11 is 5.63. The number of amides is 1. The van der Waals surface area contributed by atoms with Gasteiger partial charge in [-0.1, -0.05) is 30.3 Å². The van der Waals surface area contributed by atoms with Crippen LogP contribution in [0.5, 0.6) is 11.5 Å². The molecule has 1 aliphatic rings. The van der Waals surface area contributed by atoms with Gasteiger partial charge in [-0.15, -0.1) is 5.10 Å². The van der Waals surface area contributed by atoms with Crippen LogP contribution in [-0.2, 0) is 11.3 Å². The highest BCUT2D eigenvalue weighted by atomic mass is 32.1. The molecule has 150 valence electrons. The summed E-state index contributed by atoms with van der Waals surface area (Å²) in [5.74, 6) is 1.66.